The van der Waals surface area contributed by atoms with Gasteiger partial charge < -0.3 is 19.5 Å². The zero-order valence-electron chi connectivity index (χ0n) is 22.4. The van der Waals surface area contributed by atoms with Gasteiger partial charge in [-0.25, -0.2) is 24.9 Å². The number of aryl methyl sites for hydroxylation is 1. The topological polar surface area (TPSA) is 118 Å². The van der Waals surface area contributed by atoms with Crippen LogP contribution in [0.2, 0.25) is 0 Å². The molecule has 4 heterocycles. The molecule has 0 amide bonds. The quantitative estimate of drug-likeness (QED) is 0.321. The molecular formula is C28H26F3N9O. The van der Waals surface area contributed by atoms with Gasteiger partial charge >= 0.3 is 6.18 Å². The molecule has 3 aromatic heterocycles. The van der Waals surface area contributed by atoms with E-state index in [2.05, 4.69) is 26.5 Å². The van der Waals surface area contributed by atoms with Crippen LogP contribution in [0.4, 0.5) is 19.0 Å². The van der Waals surface area contributed by atoms with Crippen molar-refractivity contribution in [3.8, 4) is 34.8 Å². The monoisotopic (exact) mass is 561 g/mol. The first-order chi connectivity index (χ1) is 19.7. The Kier molecular flexibility index (Phi) is 6.69. The molecule has 0 unspecified atom stereocenters. The Bertz CT molecular complexity index is 1640. The summed E-state index contributed by atoms with van der Waals surface area (Å²) in [6.07, 6.45) is 2.83. The third-order valence-corrected chi connectivity index (χ3v) is 7.26. The van der Waals surface area contributed by atoms with Gasteiger partial charge in [-0.2, -0.15) is 18.4 Å². The van der Waals surface area contributed by atoms with E-state index in [4.69, 9.17) is 14.7 Å². The maximum absolute atomic E-state index is 13.1. The molecule has 1 aromatic carbocycles. The number of imidazole rings is 1. The predicted molar refractivity (Wildman–Crippen MR) is 142 cm³/mol. The van der Waals surface area contributed by atoms with Crippen molar-refractivity contribution in [3.05, 3.63) is 65.0 Å². The van der Waals surface area contributed by atoms with Gasteiger partial charge in [-0.3, -0.25) is 0 Å². The number of fused-ring (bicyclic) bond motifs is 1. The lowest BCUT2D eigenvalue weighted by Crippen LogP contribution is -2.28. The summed E-state index contributed by atoms with van der Waals surface area (Å²) in [5.74, 6) is 2.04. The molecule has 0 atom stereocenters. The van der Waals surface area contributed by atoms with Crippen LogP contribution in [0.5, 0.6) is 5.88 Å². The zero-order valence-corrected chi connectivity index (χ0v) is 22.4. The second-order valence-corrected chi connectivity index (χ2v) is 10.1. The molecule has 1 N–H and O–H groups in total. The summed E-state index contributed by atoms with van der Waals surface area (Å²) in [5, 5.41) is 12.9. The molecule has 4 aromatic rings. The van der Waals surface area contributed by atoms with Gasteiger partial charge in [0.2, 0.25) is 5.88 Å². The lowest BCUT2D eigenvalue weighted by Gasteiger charge is -2.26. The minimum atomic E-state index is -4.51. The van der Waals surface area contributed by atoms with Crippen LogP contribution in [-0.4, -0.2) is 48.0 Å². The molecule has 0 radical (unpaired) electrons. The SMILES string of the molecule is COc1ncnc(C2CC2)c1-c1nc2c(c(NCc3ccc(-c4nc(C(F)(F)F)cn4C)cc3)n1)CN(C#N)CC2. The number of alkyl halides is 3. The minimum absolute atomic E-state index is 0.230. The van der Waals surface area contributed by atoms with Crippen LogP contribution in [-0.2, 0) is 32.7 Å². The standard InChI is InChI=1S/C28H26F3N9O/c1-39-13-21(28(29,30)31)37-26(39)18-5-3-16(4-6-18)11-33-24-19-12-40(14-32)10-9-20(19)36-25(38-24)22-23(17-7-8-17)34-15-35-27(22)41-2/h3-6,13,15,17H,7-12H2,1-2H3,(H,33,36,38). The van der Waals surface area contributed by atoms with E-state index in [1.165, 1.54) is 17.9 Å². The van der Waals surface area contributed by atoms with E-state index in [0.717, 1.165) is 41.6 Å². The lowest BCUT2D eigenvalue weighted by molar-refractivity contribution is -0.140. The molecule has 41 heavy (non-hydrogen) atoms. The van der Waals surface area contributed by atoms with Gasteiger partial charge in [-0.05, 0) is 18.4 Å². The van der Waals surface area contributed by atoms with Crippen LogP contribution in [0.15, 0.2) is 36.8 Å². The van der Waals surface area contributed by atoms with E-state index in [9.17, 15) is 18.4 Å². The maximum Gasteiger partial charge on any atom is 0.434 e. The number of hydrogen-bond acceptors (Lipinski definition) is 9. The summed E-state index contributed by atoms with van der Waals surface area (Å²) in [6, 6.07) is 7.15. The molecule has 2 aliphatic rings. The van der Waals surface area contributed by atoms with Gasteiger partial charge in [0.05, 0.1) is 25.0 Å². The average molecular weight is 562 g/mol. The Morgan fingerprint density at radius 1 is 1.12 bits per heavy atom. The normalized spacial score (nSPS) is 14.9. The van der Waals surface area contributed by atoms with E-state index in [-0.39, 0.29) is 5.82 Å². The van der Waals surface area contributed by atoms with Crippen LogP contribution < -0.4 is 10.1 Å². The second-order valence-electron chi connectivity index (χ2n) is 10.1. The van der Waals surface area contributed by atoms with Crippen LogP contribution in [0.25, 0.3) is 22.8 Å². The fraction of sp³-hybridized carbons (Fsp3) is 0.357. The molecule has 1 fully saturated rings. The predicted octanol–water partition coefficient (Wildman–Crippen LogP) is 4.69. The number of halogens is 3. The van der Waals surface area contributed by atoms with E-state index in [0.29, 0.717) is 60.6 Å². The van der Waals surface area contributed by atoms with Crippen LogP contribution in [0, 0.1) is 11.5 Å². The summed E-state index contributed by atoms with van der Waals surface area (Å²) in [4.78, 5) is 24.0. The number of anilines is 1. The summed E-state index contributed by atoms with van der Waals surface area (Å²) in [6.45, 7) is 1.33. The van der Waals surface area contributed by atoms with E-state index < -0.39 is 11.9 Å². The fourth-order valence-electron chi connectivity index (χ4n) is 5.00. The molecule has 10 nitrogen and oxygen atoms in total. The highest BCUT2D eigenvalue weighted by atomic mass is 19.4. The van der Waals surface area contributed by atoms with Crippen LogP contribution in [0.3, 0.4) is 0 Å². The van der Waals surface area contributed by atoms with Gasteiger partial charge in [0.1, 0.15) is 23.5 Å². The van der Waals surface area contributed by atoms with Crippen molar-refractivity contribution in [1.82, 2.24) is 34.4 Å². The number of nitrogens with one attached hydrogen (secondary N) is 1. The van der Waals surface area contributed by atoms with Gasteiger partial charge in [-0.15, -0.1) is 0 Å². The zero-order chi connectivity index (χ0) is 28.7. The molecule has 0 spiro atoms. The molecule has 13 heteroatoms. The van der Waals surface area contributed by atoms with Crippen LogP contribution in [0.1, 0.15) is 47.0 Å². The Morgan fingerprint density at radius 2 is 1.90 bits per heavy atom. The van der Waals surface area contributed by atoms with Crippen molar-refractivity contribution >= 4 is 5.82 Å². The van der Waals surface area contributed by atoms with E-state index in [1.807, 2.05) is 12.1 Å². The van der Waals surface area contributed by atoms with Crippen molar-refractivity contribution in [2.45, 2.75) is 44.4 Å². The van der Waals surface area contributed by atoms with Crippen LogP contribution >= 0.6 is 0 Å². The largest absolute Gasteiger partial charge is 0.480 e. The molecule has 1 aliphatic heterocycles. The first-order valence-electron chi connectivity index (χ1n) is 13.1. The number of aromatic nitrogens is 6. The lowest BCUT2D eigenvalue weighted by atomic mass is 10.0. The van der Waals surface area contributed by atoms with Gasteiger partial charge in [0.25, 0.3) is 0 Å². The fourth-order valence-corrected chi connectivity index (χ4v) is 5.00. The average Bonchev–Trinajstić information content (AvgIpc) is 3.75. The molecule has 0 bridgehead atoms. The number of methoxy groups -OCH3 is 1. The minimum Gasteiger partial charge on any atom is -0.480 e. The van der Waals surface area contributed by atoms with Crippen molar-refractivity contribution < 1.29 is 17.9 Å². The number of hydrogen-bond donors (Lipinski definition) is 1. The van der Waals surface area contributed by atoms with Crippen molar-refractivity contribution in [1.29, 1.82) is 5.26 Å². The highest BCUT2D eigenvalue weighted by molar-refractivity contribution is 5.68. The first kappa shape index (κ1) is 26.5. The Hall–Kier alpha value is -4.73. The Labute approximate surface area is 233 Å². The summed E-state index contributed by atoms with van der Waals surface area (Å²) in [5.41, 5.74) is 3.78. The third-order valence-electron chi connectivity index (χ3n) is 7.26. The second kappa shape index (κ2) is 10.3. The van der Waals surface area contributed by atoms with Crippen molar-refractivity contribution in [2.75, 3.05) is 19.0 Å². The van der Waals surface area contributed by atoms with E-state index in [1.54, 1.807) is 24.1 Å². The third kappa shape index (κ3) is 5.25. The summed E-state index contributed by atoms with van der Waals surface area (Å²) < 4.78 is 46.2. The highest BCUT2D eigenvalue weighted by Gasteiger charge is 2.35. The summed E-state index contributed by atoms with van der Waals surface area (Å²) >= 11 is 0. The van der Waals surface area contributed by atoms with Crippen molar-refractivity contribution in [3.63, 3.8) is 0 Å². The van der Waals surface area contributed by atoms with E-state index >= 15 is 0 Å². The highest BCUT2D eigenvalue weighted by Crippen LogP contribution is 2.45. The van der Waals surface area contributed by atoms with Crippen molar-refractivity contribution in [2.24, 2.45) is 7.05 Å². The molecule has 210 valence electrons. The Morgan fingerprint density at radius 3 is 2.56 bits per heavy atom. The first-order valence-corrected chi connectivity index (χ1v) is 13.1. The molecule has 1 saturated carbocycles. The van der Waals surface area contributed by atoms with Gasteiger partial charge in [-0.1, -0.05) is 24.3 Å². The number of ether oxygens (including phenoxy) is 1. The molecule has 0 saturated heterocycles. The number of nitriles is 1. The summed E-state index contributed by atoms with van der Waals surface area (Å²) in [7, 11) is 3.10. The molecular weight excluding hydrogens is 535 g/mol. The molecule has 1 aliphatic carbocycles. The number of nitrogens with zero attached hydrogens (tertiary/aromatic N) is 8. The molecule has 6 rings (SSSR count). The number of benzene rings is 1. The Balaban J connectivity index is 1.31. The maximum atomic E-state index is 13.1. The number of rotatable bonds is 7. The smallest absolute Gasteiger partial charge is 0.434 e. The van der Waals surface area contributed by atoms with Gasteiger partial charge in [0.15, 0.2) is 17.7 Å². The van der Waals surface area contributed by atoms with Gasteiger partial charge in [0, 0.05) is 49.8 Å².